The van der Waals surface area contributed by atoms with Crippen molar-refractivity contribution in [2.24, 2.45) is 16.3 Å². The predicted octanol–water partition coefficient (Wildman–Crippen LogP) is 3.93. The van der Waals surface area contributed by atoms with Crippen LogP contribution in [0.15, 0.2) is 17.1 Å². The third kappa shape index (κ3) is 4.07. The van der Waals surface area contributed by atoms with Crippen molar-refractivity contribution in [2.75, 3.05) is 13.2 Å². The Morgan fingerprint density at radius 3 is 2.88 bits per heavy atom. The van der Waals surface area contributed by atoms with Crippen molar-refractivity contribution in [3.05, 3.63) is 21.9 Å². The van der Waals surface area contributed by atoms with Crippen LogP contribution in [0.4, 0.5) is 0 Å². The number of guanidine groups is 1. The minimum Gasteiger partial charge on any atom is -0.377 e. The highest BCUT2D eigenvalue weighted by Gasteiger charge is 2.58. The van der Waals surface area contributed by atoms with E-state index in [1.54, 1.807) is 0 Å². The van der Waals surface area contributed by atoms with E-state index in [1.807, 2.05) is 11.3 Å². The van der Waals surface area contributed by atoms with Crippen molar-refractivity contribution in [1.29, 1.82) is 0 Å². The van der Waals surface area contributed by atoms with Gasteiger partial charge in [-0.05, 0) is 38.8 Å². The molecule has 1 aromatic rings. The summed E-state index contributed by atoms with van der Waals surface area (Å²) in [4.78, 5) is 7.44. The van der Waals surface area contributed by atoms with Gasteiger partial charge in [-0.2, -0.15) is 0 Å². The van der Waals surface area contributed by atoms with Crippen LogP contribution in [0.1, 0.15) is 43.4 Å². The lowest BCUT2D eigenvalue weighted by Crippen LogP contribution is -2.71. The van der Waals surface area contributed by atoms with Crippen LogP contribution in [0.2, 0.25) is 0 Å². The molecule has 3 unspecified atom stereocenters. The monoisotopic (exact) mass is 463 g/mol. The zero-order valence-corrected chi connectivity index (χ0v) is 18.2. The summed E-state index contributed by atoms with van der Waals surface area (Å²) in [5, 5.41) is 7.08. The van der Waals surface area contributed by atoms with Gasteiger partial charge in [0.2, 0.25) is 0 Å². The molecule has 1 aliphatic heterocycles. The van der Waals surface area contributed by atoms with Gasteiger partial charge in [-0.25, -0.2) is 4.99 Å². The quantitative estimate of drug-likeness (QED) is 0.404. The Morgan fingerprint density at radius 2 is 2.21 bits per heavy atom. The largest absolute Gasteiger partial charge is 0.377 e. The van der Waals surface area contributed by atoms with E-state index in [2.05, 4.69) is 50.5 Å². The minimum absolute atomic E-state index is 0. The first-order chi connectivity index (χ1) is 11.0. The second-order valence-electron chi connectivity index (χ2n) is 7.25. The Bertz CT molecular complexity index is 572. The lowest BCUT2D eigenvalue weighted by atomic mass is 9.55. The first-order valence-electron chi connectivity index (χ1n) is 8.74. The first kappa shape index (κ1) is 20.0. The molecule has 24 heavy (non-hydrogen) atoms. The molecule has 1 aromatic heterocycles. The van der Waals surface area contributed by atoms with Gasteiger partial charge < -0.3 is 15.4 Å². The summed E-state index contributed by atoms with van der Waals surface area (Å²) in [6.07, 6.45) is 2.84. The van der Waals surface area contributed by atoms with Crippen molar-refractivity contribution in [1.82, 2.24) is 10.6 Å². The van der Waals surface area contributed by atoms with E-state index in [0.717, 1.165) is 25.7 Å². The number of rotatable bonds is 4. The third-order valence-electron chi connectivity index (χ3n) is 5.16. The van der Waals surface area contributed by atoms with Gasteiger partial charge in [-0.15, -0.1) is 35.3 Å². The van der Waals surface area contributed by atoms with Crippen LogP contribution in [0.5, 0.6) is 0 Å². The highest BCUT2D eigenvalue weighted by molar-refractivity contribution is 14.0. The Balaban J connectivity index is 0.00000208. The van der Waals surface area contributed by atoms with Crippen LogP contribution in [0.25, 0.3) is 0 Å². The Morgan fingerprint density at radius 1 is 1.42 bits per heavy atom. The van der Waals surface area contributed by atoms with Crippen molar-refractivity contribution < 1.29 is 4.74 Å². The molecule has 3 rings (SSSR count). The standard InChI is InChI=1S/C18H29N3OS.HI/c1-5-19-17(20-11-13-9-8-12(2)23-13)21-15-14-7-6-10-22-16(14)18(15,3)4;/h8-9,14-16H,5-7,10-11H2,1-4H3,(H2,19,20,21);1H. The molecule has 0 bridgehead atoms. The van der Waals surface area contributed by atoms with Gasteiger partial charge in [0.05, 0.1) is 12.6 Å². The van der Waals surface area contributed by atoms with E-state index in [1.165, 1.54) is 22.6 Å². The van der Waals surface area contributed by atoms with Gasteiger partial charge in [0, 0.05) is 40.3 Å². The molecule has 1 saturated carbocycles. The maximum absolute atomic E-state index is 6.00. The second-order valence-corrected chi connectivity index (χ2v) is 8.62. The normalized spacial score (nSPS) is 28.3. The number of aliphatic imine (C=N–C) groups is 1. The maximum atomic E-state index is 6.00. The summed E-state index contributed by atoms with van der Waals surface area (Å²) < 4.78 is 6.00. The summed E-state index contributed by atoms with van der Waals surface area (Å²) >= 11 is 1.82. The number of hydrogen-bond acceptors (Lipinski definition) is 3. The summed E-state index contributed by atoms with van der Waals surface area (Å²) in [6, 6.07) is 4.77. The molecular formula is C18H30IN3OS. The number of halogens is 1. The molecule has 136 valence electrons. The summed E-state index contributed by atoms with van der Waals surface area (Å²) in [7, 11) is 0. The van der Waals surface area contributed by atoms with Gasteiger partial charge in [0.25, 0.3) is 0 Å². The van der Waals surface area contributed by atoms with Gasteiger partial charge in [0.15, 0.2) is 5.96 Å². The Hall–Kier alpha value is -0.340. The molecule has 2 aliphatic rings. The summed E-state index contributed by atoms with van der Waals surface area (Å²) in [6.45, 7) is 11.4. The third-order valence-corrected chi connectivity index (χ3v) is 6.14. The predicted molar refractivity (Wildman–Crippen MR) is 112 cm³/mol. The number of thiophene rings is 1. The van der Waals surface area contributed by atoms with Gasteiger partial charge in [-0.3, -0.25) is 0 Å². The van der Waals surface area contributed by atoms with Crippen LogP contribution < -0.4 is 10.6 Å². The van der Waals surface area contributed by atoms with Gasteiger partial charge in [0.1, 0.15) is 0 Å². The topological polar surface area (TPSA) is 45.7 Å². The highest BCUT2D eigenvalue weighted by atomic mass is 127. The van der Waals surface area contributed by atoms with E-state index >= 15 is 0 Å². The Kier molecular flexibility index (Phi) is 6.96. The molecule has 1 saturated heterocycles. The van der Waals surface area contributed by atoms with Crippen molar-refractivity contribution >= 4 is 41.3 Å². The number of nitrogens with zero attached hydrogens (tertiary/aromatic N) is 1. The van der Waals surface area contributed by atoms with Crippen molar-refractivity contribution in [2.45, 2.75) is 59.2 Å². The van der Waals surface area contributed by atoms with Crippen LogP contribution in [0.3, 0.4) is 0 Å². The fraction of sp³-hybridized carbons (Fsp3) is 0.722. The fourth-order valence-electron chi connectivity index (χ4n) is 4.01. The molecule has 3 atom stereocenters. The molecule has 2 fully saturated rings. The molecule has 0 aromatic carbocycles. The molecule has 4 nitrogen and oxygen atoms in total. The SMILES string of the molecule is CCNC(=NCc1ccc(C)s1)NC1C2CCCOC2C1(C)C.I. The van der Waals surface area contributed by atoms with Crippen molar-refractivity contribution in [3.8, 4) is 0 Å². The highest BCUT2D eigenvalue weighted by Crippen LogP contribution is 2.51. The van der Waals surface area contributed by atoms with Crippen LogP contribution in [0, 0.1) is 18.3 Å². The lowest BCUT2D eigenvalue weighted by Gasteiger charge is -2.60. The molecular weight excluding hydrogens is 433 g/mol. The molecule has 0 spiro atoms. The van der Waals surface area contributed by atoms with E-state index in [-0.39, 0.29) is 29.4 Å². The van der Waals surface area contributed by atoms with Gasteiger partial charge in [-0.1, -0.05) is 13.8 Å². The lowest BCUT2D eigenvalue weighted by molar-refractivity contribution is -0.188. The molecule has 2 heterocycles. The Labute approximate surface area is 166 Å². The minimum atomic E-state index is 0. The van der Waals surface area contributed by atoms with E-state index < -0.39 is 0 Å². The summed E-state index contributed by atoms with van der Waals surface area (Å²) in [5.74, 6) is 1.55. The van der Waals surface area contributed by atoms with E-state index in [4.69, 9.17) is 9.73 Å². The number of ether oxygens (including phenoxy) is 1. The number of nitrogens with one attached hydrogen (secondary N) is 2. The molecule has 2 N–H and O–H groups in total. The zero-order valence-electron chi connectivity index (χ0n) is 15.1. The van der Waals surface area contributed by atoms with Crippen LogP contribution in [-0.2, 0) is 11.3 Å². The molecule has 0 radical (unpaired) electrons. The van der Waals surface area contributed by atoms with E-state index in [0.29, 0.717) is 18.1 Å². The van der Waals surface area contributed by atoms with Crippen molar-refractivity contribution in [3.63, 3.8) is 0 Å². The molecule has 1 aliphatic carbocycles. The summed E-state index contributed by atoms with van der Waals surface area (Å²) in [5.41, 5.74) is 0.167. The molecule has 0 amide bonds. The smallest absolute Gasteiger partial charge is 0.191 e. The van der Waals surface area contributed by atoms with Crippen LogP contribution >= 0.6 is 35.3 Å². The second kappa shape index (κ2) is 8.36. The maximum Gasteiger partial charge on any atom is 0.191 e. The average molecular weight is 463 g/mol. The average Bonchev–Trinajstić information content (AvgIpc) is 2.95. The first-order valence-corrected chi connectivity index (χ1v) is 9.55. The fourth-order valence-corrected chi connectivity index (χ4v) is 4.82. The van der Waals surface area contributed by atoms with Crippen LogP contribution in [-0.4, -0.2) is 31.3 Å². The number of fused-ring (bicyclic) bond motifs is 1. The van der Waals surface area contributed by atoms with E-state index in [9.17, 15) is 0 Å². The molecule has 6 heteroatoms. The van der Waals surface area contributed by atoms with Gasteiger partial charge >= 0.3 is 0 Å². The number of hydrogen-bond donors (Lipinski definition) is 2. The number of aryl methyl sites for hydroxylation is 1. The zero-order chi connectivity index (χ0) is 16.4.